The molecule has 1 unspecified atom stereocenters. The summed E-state index contributed by atoms with van der Waals surface area (Å²) >= 11 is 0. The number of hydrogen-bond acceptors (Lipinski definition) is 4. The van der Waals surface area contributed by atoms with Crippen molar-refractivity contribution in [2.24, 2.45) is 0 Å². The molecule has 2 heterocycles. The number of fused-ring (bicyclic) bond motifs is 1. The maximum atomic E-state index is 12.4. The van der Waals surface area contributed by atoms with Gasteiger partial charge in [0.1, 0.15) is 11.0 Å². The van der Waals surface area contributed by atoms with Gasteiger partial charge in [-0.2, -0.15) is 0 Å². The summed E-state index contributed by atoms with van der Waals surface area (Å²) in [4.78, 5) is 12.4. The summed E-state index contributed by atoms with van der Waals surface area (Å²) in [6, 6.07) is 12.6. The Bertz CT molecular complexity index is 965. The van der Waals surface area contributed by atoms with Crippen molar-refractivity contribution in [3.05, 3.63) is 53.7 Å². The van der Waals surface area contributed by atoms with Crippen LogP contribution < -0.4 is 9.62 Å². The second kappa shape index (κ2) is 6.33. The van der Waals surface area contributed by atoms with Crippen molar-refractivity contribution in [2.45, 2.75) is 13.3 Å². The molecule has 25 heavy (non-hydrogen) atoms. The first-order chi connectivity index (χ1) is 12.1. The lowest BCUT2D eigenvalue weighted by Crippen LogP contribution is -2.19. The van der Waals surface area contributed by atoms with Gasteiger partial charge in [0.25, 0.3) is 5.91 Å². The Labute approximate surface area is 147 Å². The molecule has 0 radical (unpaired) electrons. The molecule has 1 aliphatic heterocycles. The smallest absolute Gasteiger partial charge is 0.255 e. The van der Waals surface area contributed by atoms with Gasteiger partial charge >= 0.3 is 0 Å². The van der Waals surface area contributed by atoms with Crippen LogP contribution in [0.4, 0.5) is 11.4 Å². The van der Waals surface area contributed by atoms with Gasteiger partial charge < -0.3 is 9.84 Å². The first kappa shape index (κ1) is 15.8. The normalized spacial score (nSPS) is 17.2. The van der Waals surface area contributed by atoms with Crippen molar-refractivity contribution in [2.75, 3.05) is 21.9 Å². The van der Waals surface area contributed by atoms with E-state index in [0.29, 0.717) is 22.6 Å². The number of aryl methyl sites for hydroxylation is 1. The number of hydrogen-bond donors (Lipinski definition) is 1. The van der Waals surface area contributed by atoms with Crippen molar-refractivity contribution in [3.63, 3.8) is 0 Å². The van der Waals surface area contributed by atoms with Crippen LogP contribution in [0.3, 0.4) is 0 Å². The third-order valence-corrected chi connectivity index (χ3v) is 5.77. The van der Waals surface area contributed by atoms with E-state index in [9.17, 15) is 9.00 Å². The number of carbonyl (C=O) groups excluding carboxylic acids is 1. The van der Waals surface area contributed by atoms with Crippen LogP contribution in [-0.2, 0) is 11.0 Å². The first-order valence-corrected chi connectivity index (χ1v) is 9.33. The number of aromatic nitrogens is 1. The summed E-state index contributed by atoms with van der Waals surface area (Å²) in [5, 5.41) is 7.67. The lowest BCUT2D eigenvalue weighted by Gasteiger charge is -2.16. The average Bonchev–Trinajstić information content (AvgIpc) is 3.21. The third kappa shape index (κ3) is 3.02. The minimum absolute atomic E-state index is 0.192. The predicted octanol–water partition coefficient (Wildman–Crippen LogP) is 3.26. The fourth-order valence-electron chi connectivity index (χ4n) is 2.91. The molecule has 0 bridgehead atoms. The van der Waals surface area contributed by atoms with E-state index in [1.165, 1.54) is 0 Å². The Kier molecular flexibility index (Phi) is 4.01. The lowest BCUT2D eigenvalue weighted by molar-refractivity contribution is 0.102. The Hall–Kier alpha value is -2.67. The van der Waals surface area contributed by atoms with Crippen LogP contribution in [0, 0.1) is 6.92 Å². The lowest BCUT2D eigenvalue weighted by atomic mass is 10.1. The summed E-state index contributed by atoms with van der Waals surface area (Å²) in [6.45, 7) is 2.65. The summed E-state index contributed by atoms with van der Waals surface area (Å²) in [6.07, 6.45) is 0.930. The van der Waals surface area contributed by atoms with Gasteiger partial charge in [-0.1, -0.05) is 5.16 Å². The van der Waals surface area contributed by atoms with Crippen molar-refractivity contribution >= 4 is 39.2 Å². The van der Waals surface area contributed by atoms with E-state index in [0.717, 1.165) is 29.7 Å². The molecule has 4 rings (SSSR count). The van der Waals surface area contributed by atoms with Gasteiger partial charge in [0.2, 0.25) is 0 Å². The Morgan fingerprint density at radius 2 is 2.04 bits per heavy atom. The topological polar surface area (TPSA) is 75.4 Å². The predicted molar refractivity (Wildman–Crippen MR) is 98.1 cm³/mol. The van der Waals surface area contributed by atoms with E-state index in [2.05, 4.69) is 10.5 Å². The van der Waals surface area contributed by atoms with E-state index in [-0.39, 0.29) is 5.91 Å². The Morgan fingerprint density at radius 1 is 1.24 bits per heavy atom. The van der Waals surface area contributed by atoms with Gasteiger partial charge in [-0.25, -0.2) is 4.21 Å². The van der Waals surface area contributed by atoms with Crippen LogP contribution in [0.5, 0.6) is 0 Å². The van der Waals surface area contributed by atoms with E-state index in [1.807, 2.05) is 29.4 Å². The largest absolute Gasteiger partial charge is 0.356 e. The molecular weight excluding hydrogens is 338 g/mol. The molecule has 1 saturated heterocycles. The van der Waals surface area contributed by atoms with Gasteiger partial charge in [-0.05, 0) is 55.8 Å². The number of nitrogens with zero attached hydrogens (tertiary/aromatic N) is 2. The second-order valence-corrected chi connectivity index (χ2v) is 7.45. The molecule has 1 aliphatic rings. The second-order valence-electron chi connectivity index (χ2n) is 5.96. The fourth-order valence-corrected chi connectivity index (χ4v) is 4.20. The first-order valence-electron chi connectivity index (χ1n) is 8.05. The van der Waals surface area contributed by atoms with Crippen molar-refractivity contribution in [3.8, 4) is 0 Å². The van der Waals surface area contributed by atoms with Gasteiger partial charge in [0, 0.05) is 34.6 Å². The average molecular weight is 355 g/mol. The number of rotatable bonds is 3. The standard InChI is InChI=1S/C18H17N3O3S/c1-12-16-11-14(5-8-17(16)24-20-12)19-18(22)13-3-6-15(7-4-13)21-9-2-10-25(21)23/h3-8,11H,2,9-10H2,1H3,(H,19,22). The SMILES string of the molecule is Cc1noc2ccc(NC(=O)c3ccc(N4CCCS4=O)cc3)cc12. The highest BCUT2D eigenvalue weighted by atomic mass is 32.2. The summed E-state index contributed by atoms with van der Waals surface area (Å²) in [5.41, 5.74) is 3.60. The van der Waals surface area contributed by atoms with Gasteiger partial charge in [0.05, 0.1) is 5.69 Å². The Morgan fingerprint density at radius 3 is 2.76 bits per heavy atom. The molecule has 128 valence electrons. The fraction of sp³-hybridized carbons (Fsp3) is 0.222. The highest BCUT2D eigenvalue weighted by Gasteiger charge is 2.20. The summed E-state index contributed by atoms with van der Waals surface area (Å²) in [5.74, 6) is 0.509. The molecule has 1 fully saturated rings. The number of anilines is 2. The van der Waals surface area contributed by atoms with Crippen molar-refractivity contribution in [1.82, 2.24) is 5.16 Å². The molecule has 7 heteroatoms. The maximum Gasteiger partial charge on any atom is 0.255 e. The number of amides is 1. The van der Waals surface area contributed by atoms with Crippen molar-refractivity contribution < 1.29 is 13.5 Å². The molecule has 1 N–H and O–H groups in total. The molecular formula is C18H17N3O3S. The highest BCUT2D eigenvalue weighted by Crippen LogP contribution is 2.24. The van der Waals surface area contributed by atoms with Gasteiger partial charge in [-0.3, -0.25) is 9.10 Å². The quantitative estimate of drug-likeness (QED) is 0.782. The van der Waals surface area contributed by atoms with Gasteiger partial charge in [-0.15, -0.1) is 0 Å². The third-order valence-electron chi connectivity index (χ3n) is 4.25. The zero-order valence-electron chi connectivity index (χ0n) is 13.7. The molecule has 3 aromatic rings. The molecule has 2 aromatic carbocycles. The molecule has 1 aromatic heterocycles. The van der Waals surface area contributed by atoms with E-state index in [4.69, 9.17) is 4.52 Å². The summed E-state index contributed by atoms with van der Waals surface area (Å²) < 4.78 is 18.9. The molecule has 0 saturated carbocycles. The minimum Gasteiger partial charge on any atom is -0.356 e. The zero-order valence-corrected chi connectivity index (χ0v) is 14.5. The zero-order chi connectivity index (χ0) is 17.4. The van der Waals surface area contributed by atoms with E-state index in [1.54, 1.807) is 24.3 Å². The van der Waals surface area contributed by atoms with Crippen LogP contribution in [0.25, 0.3) is 11.0 Å². The van der Waals surface area contributed by atoms with E-state index < -0.39 is 11.0 Å². The number of carbonyl (C=O) groups is 1. The minimum atomic E-state index is -0.954. The summed E-state index contributed by atoms with van der Waals surface area (Å²) in [7, 11) is -0.954. The van der Waals surface area contributed by atoms with Crippen LogP contribution >= 0.6 is 0 Å². The Balaban J connectivity index is 1.51. The van der Waals surface area contributed by atoms with Crippen LogP contribution in [-0.4, -0.2) is 27.6 Å². The molecule has 0 aliphatic carbocycles. The van der Waals surface area contributed by atoms with Crippen LogP contribution in [0.1, 0.15) is 22.5 Å². The van der Waals surface area contributed by atoms with Crippen LogP contribution in [0.15, 0.2) is 47.0 Å². The maximum absolute atomic E-state index is 12.4. The molecule has 0 spiro atoms. The number of benzene rings is 2. The van der Waals surface area contributed by atoms with Crippen LogP contribution in [0.2, 0.25) is 0 Å². The number of nitrogens with one attached hydrogen (secondary N) is 1. The molecule has 1 atom stereocenters. The molecule has 1 amide bonds. The van der Waals surface area contributed by atoms with E-state index >= 15 is 0 Å². The molecule has 6 nitrogen and oxygen atoms in total. The van der Waals surface area contributed by atoms with Gasteiger partial charge in [0.15, 0.2) is 5.58 Å². The highest BCUT2D eigenvalue weighted by molar-refractivity contribution is 7.86. The van der Waals surface area contributed by atoms with Crippen molar-refractivity contribution in [1.29, 1.82) is 0 Å². The monoisotopic (exact) mass is 355 g/mol.